The molecular weight excluding hydrogens is 349 g/mol. The number of halogens is 4. The first-order chi connectivity index (χ1) is 9.81. The first kappa shape index (κ1) is 16.0. The van der Waals surface area contributed by atoms with Crippen molar-refractivity contribution in [3.8, 4) is 0 Å². The summed E-state index contributed by atoms with van der Waals surface area (Å²) in [4.78, 5) is 0. The van der Waals surface area contributed by atoms with Gasteiger partial charge in [-0.25, -0.2) is 0 Å². The summed E-state index contributed by atoms with van der Waals surface area (Å²) in [6, 6.07) is 3.68. The molecule has 0 spiro atoms. The summed E-state index contributed by atoms with van der Waals surface area (Å²) in [5.74, 6) is 0. The molecule has 1 atom stereocenters. The fourth-order valence-electron chi connectivity index (χ4n) is 2.14. The zero-order chi connectivity index (χ0) is 15.6. The van der Waals surface area contributed by atoms with Gasteiger partial charge in [0, 0.05) is 30.2 Å². The van der Waals surface area contributed by atoms with Crippen LogP contribution in [0.15, 0.2) is 28.9 Å². The Hall–Kier alpha value is -1.41. The van der Waals surface area contributed by atoms with Crippen LogP contribution in [0.25, 0.3) is 0 Å². The number of hydrogen-bond donors (Lipinski definition) is 1. The minimum Gasteiger partial charge on any atom is -0.313 e. The van der Waals surface area contributed by atoms with Gasteiger partial charge in [0.2, 0.25) is 0 Å². The Morgan fingerprint density at radius 1 is 1.38 bits per heavy atom. The van der Waals surface area contributed by atoms with Crippen molar-refractivity contribution in [2.24, 2.45) is 7.05 Å². The molecule has 1 aromatic heterocycles. The van der Waals surface area contributed by atoms with Gasteiger partial charge in [0.25, 0.3) is 0 Å². The molecule has 0 bridgehead atoms. The number of aromatic nitrogens is 3. The minimum atomic E-state index is -4.41. The van der Waals surface area contributed by atoms with E-state index in [2.05, 4.69) is 31.6 Å². The number of hydrogen-bond acceptors (Lipinski definition) is 3. The van der Waals surface area contributed by atoms with E-state index in [-0.39, 0.29) is 5.56 Å². The second-order valence-electron chi connectivity index (χ2n) is 4.66. The topological polar surface area (TPSA) is 42.7 Å². The molecule has 0 aliphatic rings. The van der Waals surface area contributed by atoms with E-state index in [1.165, 1.54) is 10.7 Å². The molecule has 1 unspecified atom stereocenters. The number of aryl methyl sites for hydroxylation is 1. The molecule has 8 heteroatoms. The van der Waals surface area contributed by atoms with Gasteiger partial charge in [-0.2, -0.15) is 13.2 Å². The summed E-state index contributed by atoms with van der Waals surface area (Å²) in [5.41, 5.74) is 0.173. The molecule has 21 heavy (non-hydrogen) atoms. The molecule has 0 radical (unpaired) electrons. The van der Waals surface area contributed by atoms with Gasteiger partial charge < -0.3 is 5.32 Å². The van der Waals surface area contributed by atoms with Gasteiger partial charge in [-0.15, -0.1) is 5.10 Å². The molecular formula is C13H14BrF3N4. The lowest BCUT2D eigenvalue weighted by Crippen LogP contribution is -2.23. The van der Waals surface area contributed by atoms with Crippen LogP contribution < -0.4 is 5.32 Å². The Morgan fingerprint density at radius 3 is 2.62 bits per heavy atom. The van der Waals surface area contributed by atoms with E-state index in [4.69, 9.17) is 0 Å². The van der Waals surface area contributed by atoms with Gasteiger partial charge in [0.15, 0.2) is 0 Å². The molecule has 114 valence electrons. The second kappa shape index (κ2) is 6.15. The standard InChI is InChI=1S/C13H14BrF3N4/c1-18-12(6-9-7-21(2)20-19-9)10-4-3-8(14)5-11(10)13(15,16)17/h3-5,7,12,18H,6H2,1-2H3. The zero-order valence-corrected chi connectivity index (χ0v) is 13.0. The lowest BCUT2D eigenvalue weighted by Gasteiger charge is -2.21. The summed E-state index contributed by atoms with van der Waals surface area (Å²) in [6.07, 6.45) is -2.39. The van der Waals surface area contributed by atoms with E-state index in [0.717, 1.165) is 6.07 Å². The predicted octanol–water partition coefficient (Wildman–Crippen LogP) is 3.10. The highest BCUT2D eigenvalue weighted by Gasteiger charge is 2.35. The van der Waals surface area contributed by atoms with Crippen LogP contribution in [0.1, 0.15) is 22.9 Å². The van der Waals surface area contributed by atoms with Gasteiger partial charge >= 0.3 is 6.18 Å². The minimum absolute atomic E-state index is 0.193. The van der Waals surface area contributed by atoms with E-state index in [1.807, 2.05) is 0 Å². The Balaban J connectivity index is 2.38. The third-order valence-corrected chi connectivity index (χ3v) is 3.60. The lowest BCUT2D eigenvalue weighted by molar-refractivity contribution is -0.138. The van der Waals surface area contributed by atoms with E-state index in [1.54, 1.807) is 26.4 Å². The van der Waals surface area contributed by atoms with Gasteiger partial charge in [0.05, 0.1) is 11.3 Å². The van der Waals surface area contributed by atoms with Crippen LogP contribution in [0.4, 0.5) is 13.2 Å². The van der Waals surface area contributed by atoms with Gasteiger partial charge in [-0.05, 0) is 24.7 Å². The predicted molar refractivity (Wildman–Crippen MR) is 75.7 cm³/mol. The highest BCUT2D eigenvalue weighted by Crippen LogP contribution is 2.37. The molecule has 0 fully saturated rings. The monoisotopic (exact) mass is 362 g/mol. The summed E-state index contributed by atoms with van der Waals surface area (Å²) >= 11 is 3.08. The van der Waals surface area contributed by atoms with Crippen molar-refractivity contribution < 1.29 is 13.2 Å². The Bertz CT molecular complexity index is 624. The fraction of sp³-hybridized carbons (Fsp3) is 0.385. The van der Waals surface area contributed by atoms with Crippen LogP contribution >= 0.6 is 15.9 Å². The van der Waals surface area contributed by atoms with Crippen LogP contribution in [0.2, 0.25) is 0 Å². The third kappa shape index (κ3) is 3.82. The van der Waals surface area contributed by atoms with Crippen molar-refractivity contribution in [3.05, 3.63) is 45.7 Å². The van der Waals surface area contributed by atoms with Crippen LogP contribution in [-0.2, 0) is 19.6 Å². The maximum atomic E-state index is 13.2. The first-order valence-electron chi connectivity index (χ1n) is 6.20. The number of benzene rings is 1. The molecule has 2 aromatic rings. The van der Waals surface area contributed by atoms with Crippen LogP contribution in [0.3, 0.4) is 0 Å². The molecule has 4 nitrogen and oxygen atoms in total. The van der Waals surface area contributed by atoms with Crippen molar-refractivity contribution in [1.82, 2.24) is 20.3 Å². The largest absolute Gasteiger partial charge is 0.416 e. The molecule has 0 saturated heterocycles. The van der Waals surface area contributed by atoms with E-state index >= 15 is 0 Å². The van der Waals surface area contributed by atoms with E-state index in [9.17, 15) is 13.2 Å². The number of likely N-dealkylation sites (N-methyl/N-ethyl adjacent to an activating group) is 1. The SMILES string of the molecule is CNC(Cc1cn(C)nn1)c1ccc(Br)cc1C(F)(F)F. The van der Waals surface area contributed by atoms with Crippen LogP contribution in [0.5, 0.6) is 0 Å². The number of alkyl halides is 3. The molecule has 0 aliphatic heterocycles. The lowest BCUT2D eigenvalue weighted by atomic mass is 9.96. The average Bonchev–Trinajstić information content (AvgIpc) is 2.81. The van der Waals surface area contributed by atoms with Crippen molar-refractivity contribution in [3.63, 3.8) is 0 Å². The molecule has 0 amide bonds. The van der Waals surface area contributed by atoms with Gasteiger partial charge in [0.1, 0.15) is 0 Å². The second-order valence-corrected chi connectivity index (χ2v) is 5.57. The maximum Gasteiger partial charge on any atom is 0.416 e. The van der Waals surface area contributed by atoms with Crippen LogP contribution in [0, 0.1) is 0 Å². The first-order valence-corrected chi connectivity index (χ1v) is 6.99. The van der Waals surface area contributed by atoms with E-state index in [0.29, 0.717) is 16.6 Å². The molecule has 2 rings (SSSR count). The molecule has 1 aromatic carbocycles. The van der Waals surface area contributed by atoms with Gasteiger partial charge in [-0.3, -0.25) is 4.68 Å². The van der Waals surface area contributed by atoms with E-state index < -0.39 is 17.8 Å². The van der Waals surface area contributed by atoms with Crippen molar-refractivity contribution >= 4 is 15.9 Å². The molecule has 1 N–H and O–H groups in total. The third-order valence-electron chi connectivity index (χ3n) is 3.11. The Kier molecular flexibility index (Phi) is 4.67. The van der Waals surface area contributed by atoms with Crippen molar-refractivity contribution in [1.29, 1.82) is 0 Å². The zero-order valence-electron chi connectivity index (χ0n) is 11.4. The van der Waals surface area contributed by atoms with Crippen LogP contribution in [-0.4, -0.2) is 22.0 Å². The van der Waals surface area contributed by atoms with Crippen molar-refractivity contribution in [2.75, 3.05) is 7.05 Å². The Morgan fingerprint density at radius 2 is 2.10 bits per heavy atom. The number of nitrogens with one attached hydrogen (secondary N) is 1. The average molecular weight is 363 g/mol. The number of rotatable bonds is 4. The Labute approximate surface area is 128 Å². The smallest absolute Gasteiger partial charge is 0.313 e. The summed E-state index contributed by atoms with van der Waals surface area (Å²) in [6.45, 7) is 0. The fourth-order valence-corrected chi connectivity index (χ4v) is 2.50. The quantitative estimate of drug-likeness (QED) is 0.908. The summed E-state index contributed by atoms with van der Waals surface area (Å²) in [7, 11) is 3.34. The van der Waals surface area contributed by atoms with Crippen molar-refractivity contribution in [2.45, 2.75) is 18.6 Å². The summed E-state index contributed by atoms with van der Waals surface area (Å²) in [5, 5.41) is 10.6. The molecule has 0 aliphatic carbocycles. The number of nitrogens with zero attached hydrogens (tertiary/aromatic N) is 3. The molecule has 1 heterocycles. The highest BCUT2D eigenvalue weighted by molar-refractivity contribution is 9.10. The summed E-state index contributed by atoms with van der Waals surface area (Å²) < 4.78 is 41.5. The highest BCUT2D eigenvalue weighted by atomic mass is 79.9. The maximum absolute atomic E-state index is 13.2. The molecule has 0 saturated carbocycles. The van der Waals surface area contributed by atoms with Gasteiger partial charge in [-0.1, -0.05) is 27.2 Å². The normalized spacial score (nSPS) is 13.4.